The Morgan fingerprint density at radius 1 is 1.00 bits per heavy atom. The molecule has 0 heterocycles. The smallest absolute Gasteiger partial charge is 0.269 e. The second-order valence-corrected chi connectivity index (χ2v) is 8.78. The van der Waals surface area contributed by atoms with E-state index < -0.39 is 11.8 Å². The molecular formula is C22H23BrN4O4S. The van der Waals surface area contributed by atoms with Crippen LogP contribution in [-0.2, 0) is 4.79 Å². The summed E-state index contributed by atoms with van der Waals surface area (Å²) in [6, 6.07) is 11.4. The van der Waals surface area contributed by atoms with Crippen LogP contribution in [-0.4, -0.2) is 28.9 Å². The minimum absolute atomic E-state index is 0.000856. The van der Waals surface area contributed by atoms with Gasteiger partial charge in [0.05, 0.1) is 10.6 Å². The highest BCUT2D eigenvalue weighted by Gasteiger charge is 2.29. The van der Waals surface area contributed by atoms with E-state index in [4.69, 9.17) is 17.0 Å². The van der Waals surface area contributed by atoms with Crippen molar-refractivity contribution in [3.63, 3.8) is 0 Å². The number of carbonyl (C=O) groups excluding carboxylic acids is 3. The third kappa shape index (κ3) is 6.76. The van der Waals surface area contributed by atoms with Crippen LogP contribution < -0.4 is 26.2 Å². The molecule has 2 aromatic rings. The molecule has 1 aliphatic rings. The molecule has 3 rings (SSSR count). The zero-order valence-electron chi connectivity index (χ0n) is 17.5. The van der Waals surface area contributed by atoms with Gasteiger partial charge >= 0.3 is 0 Å². The SMILES string of the molecule is CC(C)Oc1ccc(C(=O)NC(=S)NNC(=O)c2ccc(NC(=O)C3CC3)cc2)cc1Br. The zero-order chi connectivity index (χ0) is 23.3. The number of hydrogen-bond acceptors (Lipinski definition) is 5. The number of anilines is 1. The lowest BCUT2D eigenvalue weighted by Gasteiger charge is -2.13. The predicted octanol–water partition coefficient (Wildman–Crippen LogP) is 3.53. The van der Waals surface area contributed by atoms with Gasteiger partial charge in [0.2, 0.25) is 5.91 Å². The van der Waals surface area contributed by atoms with Crippen molar-refractivity contribution in [3.05, 3.63) is 58.1 Å². The largest absolute Gasteiger partial charge is 0.490 e. The summed E-state index contributed by atoms with van der Waals surface area (Å²) in [6.07, 6.45) is 1.84. The summed E-state index contributed by atoms with van der Waals surface area (Å²) < 4.78 is 6.26. The topological polar surface area (TPSA) is 109 Å². The summed E-state index contributed by atoms with van der Waals surface area (Å²) in [7, 11) is 0. The van der Waals surface area contributed by atoms with Crippen molar-refractivity contribution in [1.82, 2.24) is 16.2 Å². The maximum absolute atomic E-state index is 12.4. The van der Waals surface area contributed by atoms with Crippen LogP contribution in [0.1, 0.15) is 47.4 Å². The average molecular weight is 519 g/mol. The van der Waals surface area contributed by atoms with E-state index in [9.17, 15) is 14.4 Å². The van der Waals surface area contributed by atoms with E-state index in [1.807, 2.05) is 13.8 Å². The normalized spacial score (nSPS) is 12.6. The summed E-state index contributed by atoms with van der Waals surface area (Å²) in [5, 5.41) is 5.24. The van der Waals surface area contributed by atoms with Gasteiger partial charge < -0.3 is 10.1 Å². The van der Waals surface area contributed by atoms with E-state index in [1.54, 1.807) is 42.5 Å². The van der Waals surface area contributed by atoms with Crippen LogP contribution >= 0.6 is 28.1 Å². The molecule has 0 aliphatic heterocycles. The van der Waals surface area contributed by atoms with Crippen LogP contribution in [0, 0.1) is 5.92 Å². The number of benzene rings is 2. The van der Waals surface area contributed by atoms with Gasteiger partial charge in [-0.3, -0.25) is 30.6 Å². The van der Waals surface area contributed by atoms with E-state index in [2.05, 4.69) is 37.4 Å². The Morgan fingerprint density at radius 3 is 2.25 bits per heavy atom. The van der Waals surface area contributed by atoms with Gasteiger partial charge in [0, 0.05) is 22.7 Å². The van der Waals surface area contributed by atoms with Crippen molar-refractivity contribution < 1.29 is 19.1 Å². The van der Waals surface area contributed by atoms with Crippen LogP contribution in [0.4, 0.5) is 5.69 Å². The molecule has 1 saturated carbocycles. The van der Waals surface area contributed by atoms with Crippen molar-refractivity contribution in [3.8, 4) is 5.75 Å². The van der Waals surface area contributed by atoms with E-state index in [0.717, 1.165) is 12.8 Å². The number of hydrazine groups is 1. The number of thiocarbonyl (C=S) groups is 1. The van der Waals surface area contributed by atoms with Gasteiger partial charge in [-0.15, -0.1) is 0 Å². The summed E-state index contributed by atoms with van der Waals surface area (Å²) in [6.45, 7) is 3.82. The van der Waals surface area contributed by atoms with Gasteiger partial charge in [0.25, 0.3) is 11.8 Å². The fourth-order valence-electron chi connectivity index (χ4n) is 2.68. The highest BCUT2D eigenvalue weighted by Crippen LogP contribution is 2.30. The lowest BCUT2D eigenvalue weighted by molar-refractivity contribution is -0.117. The van der Waals surface area contributed by atoms with E-state index in [-0.39, 0.29) is 23.0 Å². The highest BCUT2D eigenvalue weighted by atomic mass is 79.9. The van der Waals surface area contributed by atoms with Gasteiger partial charge in [0.1, 0.15) is 5.75 Å². The quantitative estimate of drug-likeness (QED) is 0.344. The monoisotopic (exact) mass is 518 g/mol. The minimum atomic E-state index is -0.445. The lowest BCUT2D eigenvalue weighted by atomic mass is 10.2. The van der Waals surface area contributed by atoms with Crippen molar-refractivity contribution in [2.45, 2.75) is 32.8 Å². The second-order valence-electron chi connectivity index (χ2n) is 7.52. The second kappa shape index (κ2) is 10.6. The molecule has 0 bridgehead atoms. The maximum atomic E-state index is 12.4. The summed E-state index contributed by atoms with van der Waals surface area (Å²) in [5.74, 6) is -0.156. The average Bonchev–Trinajstić information content (AvgIpc) is 3.59. The molecule has 3 amide bonds. The van der Waals surface area contributed by atoms with Crippen molar-refractivity contribution in [1.29, 1.82) is 0 Å². The van der Waals surface area contributed by atoms with E-state index in [1.165, 1.54) is 0 Å². The first kappa shape index (κ1) is 23.7. The molecule has 4 N–H and O–H groups in total. The molecule has 32 heavy (non-hydrogen) atoms. The number of hydrogen-bond donors (Lipinski definition) is 4. The zero-order valence-corrected chi connectivity index (χ0v) is 19.9. The molecular weight excluding hydrogens is 496 g/mol. The summed E-state index contributed by atoms with van der Waals surface area (Å²) in [5.41, 5.74) is 6.28. The third-order valence-corrected chi connectivity index (χ3v) is 5.26. The molecule has 0 atom stereocenters. The van der Waals surface area contributed by atoms with Crippen molar-refractivity contribution >= 4 is 56.7 Å². The Hall–Kier alpha value is -2.98. The Morgan fingerprint density at radius 2 is 1.66 bits per heavy atom. The number of amides is 3. The molecule has 0 unspecified atom stereocenters. The van der Waals surface area contributed by atoms with Crippen LogP contribution in [0.2, 0.25) is 0 Å². The number of rotatable bonds is 6. The molecule has 0 saturated heterocycles. The van der Waals surface area contributed by atoms with Gasteiger partial charge in [-0.25, -0.2) is 0 Å². The maximum Gasteiger partial charge on any atom is 0.269 e. The lowest BCUT2D eigenvalue weighted by Crippen LogP contribution is -2.48. The summed E-state index contributed by atoms with van der Waals surface area (Å²) >= 11 is 8.45. The molecule has 1 aliphatic carbocycles. The molecule has 0 aromatic heterocycles. The van der Waals surface area contributed by atoms with Gasteiger partial charge in [-0.1, -0.05) is 0 Å². The van der Waals surface area contributed by atoms with Gasteiger partial charge in [-0.2, -0.15) is 0 Å². The fraction of sp³-hybridized carbons (Fsp3) is 0.273. The Bertz CT molecular complexity index is 1040. The van der Waals surface area contributed by atoms with Crippen LogP contribution in [0.15, 0.2) is 46.9 Å². The molecule has 168 valence electrons. The third-order valence-electron chi connectivity index (χ3n) is 4.44. The van der Waals surface area contributed by atoms with Crippen molar-refractivity contribution in [2.24, 2.45) is 5.92 Å². The van der Waals surface area contributed by atoms with E-state index >= 15 is 0 Å². The van der Waals surface area contributed by atoms with Crippen LogP contribution in [0.5, 0.6) is 5.75 Å². The molecule has 2 aromatic carbocycles. The number of nitrogens with one attached hydrogen (secondary N) is 4. The van der Waals surface area contributed by atoms with Gasteiger partial charge in [0.15, 0.2) is 5.11 Å². The number of halogens is 1. The number of carbonyl (C=O) groups is 3. The molecule has 1 fully saturated rings. The molecule has 0 spiro atoms. The standard InChI is InChI=1S/C22H23BrN4O4S/c1-12(2)31-18-10-7-15(11-17(18)23)20(29)25-22(32)27-26-21(30)14-5-8-16(9-6-14)24-19(28)13-3-4-13/h5-13H,3-4H2,1-2H3,(H,24,28)(H,26,30)(H2,25,27,29,32). The molecule has 0 radical (unpaired) electrons. The first-order valence-electron chi connectivity index (χ1n) is 10.0. The van der Waals surface area contributed by atoms with Crippen molar-refractivity contribution in [2.75, 3.05) is 5.32 Å². The van der Waals surface area contributed by atoms with Crippen LogP contribution in [0.3, 0.4) is 0 Å². The summed E-state index contributed by atoms with van der Waals surface area (Å²) in [4.78, 5) is 36.4. The Labute approximate surface area is 199 Å². The van der Waals surface area contributed by atoms with Crippen LogP contribution in [0.25, 0.3) is 0 Å². The first-order chi connectivity index (χ1) is 15.2. The first-order valence-corrected chi connectivity index (χ1v) is 11.2. The highest BCUT2D eigenvalue weighted by molar-refractivity contribution is 9.10. The fourth-order valence-corrected chi connectivity index (χ4v) is 3.29. The Balaban J connectivity index is 1.47. The minimum Gasteiger partial charge on any atom is -0.490 e. The molecule has 10 heteroatoms. The number of ether oxygens (including phenoxy) is 1. The van der Waals surface area contributed by atoms with E-state index in [0.29, 0.717) is 27.0 Å². The molecule has 8 nitrogen and oxygen atoms in total. The predicted molar refractivity (Wildman–Crippen MR) is 128 cm³/mol. The van der Waals surface area contributed by atoms with Gasteiger partial charge in [-0.05, 0) is 97.3 Å². The Kier molecular flexibility index (Phi) is 7.81.